The molecule has 41 heavy (non-hydrogen) atoms. The Bertz CT molecular complexity index is 1620. The summed E-state index contributed by atoms with van der Waals surface area (Å²) in [4.78, 5) is 4.40. The van der Waals surface area contributed by atoms with Crippen LogP contribution in [0.25, 0.3) is 11.3 Å². The van der Waals surface area contributed by atoms with E-state index in [0.29, 0.717) is 21.3 Å². The first-order valence-corrected chi connectivity index (χ1v) is 14.2. The SMILES string of the molecule is CO[C@H]1[C@@H](S)O[C@@H]2COC(c3ccccc3)O[C@@H]2C1(c1cc(Br)cnc1C#N)n1cc(-c2ccc(Cl)c(F)c2)nn1. The number of hydrogen-bond donors (Lipinski definition) is 1. The third-order valence-electron chi connectivity index (χ3n) is 7.27. The Morgan fingerprint density at radius 3 is 2.76 bits per heavy atom. The van der Waals surface area contributed by atoms with Crippen molar-refractivity contribution in [3.8, 4) is 17.3 Å². The monoisotopic (exact) mass is 657 g/mol. The van der Waals surface area contributed by atoms with Gasteiger partial charge in [-0.1, -0.05) is 53.2 Å². The third kappa shape index (κ3) is 4.85. The van der Waals surface area contributed by atoms with Gasteiger partial charge < -0.3 is 18.9 Å². The van der Waals surface area contributed by atoms with Crippen molar-refractivity contribution in [2.75, 3.05) is 13.7 Å². The van der Waals surface area contributed by atoms with Gasteiger partial charge in [0.2, 0.25) is 0 Å². The Balaban J connectivity index is 1.60. The van der Waals surface area contributed by atoms with Crippen LogP contribution in [0.3, 0.4) is 0 Å². The van der Waals surface area contributed by atoms with Crippen LogP contribution in [-0.2, 0) is 24.5 Å². The lowest BCUT2D eigenvalue weighted by molar-refractivity contribution is -0.323. The van der Waals surface area contributed by atoms with Crippen LogP contribution in [0.4, 0.5) is 4.39 Å². The van der Waals surface area contributed by atoms with Crippen LogP contribution in [-0.4, -0.2) is 57.4 Å². The zero-order chi connectivity index (χ0) is 28.7. The lowest BCUT2D eigenvalue weighted by Crippen LogP contribution is -2.70. The molecule has 6 rings (SSSR count). The smallest absolute Gasteiger partial charge is 0.184 e. The van der Waals surface area contributed by atoms with Gasteiger partial charge in [-0.05, 0) is 34.1 Å². The van der Waals surface area contributed by atoms with Crippen molar-refractivity contribution in [2.24, 2.45) is 0 Å². The number of pyridine rings is 1. The van der Waals surface area contributed by atoms with Crippen molar-refractivity contribution < 1.29 is 23.3 Å². The van der Waals surface area contributed by atoms with Gasteiger partial charge in [0, 0.05) is 34.5 Å². The number of nitriles is 1. The van der Waals surface area contributed by atoms with Crippen LogP contribution in [0.1, 0.15) is 23.1 Å². The number of halogens is 3. The fourth-order valence-corrected chi connectivity index (χ4v) is 6.45. The molecule has 2 aliphatic rings. The molecule has 2 aromatic carbocycles. The minimum Gasteiger partial charge on any atom is -0.375 e. The Hall–Kier alpha value is -2.89. The predicted octanol–water partition coefficient (Wildman–Crippen LogP) is 5.29. The maximum atomic E-state index is 14.4. The fraction of sp³-hybridized carbons (Fsp3) is 0.286. The molecule has 2 aromatic heterocycles. The molecule has 4 aromatic rings. The van der Waals surface area contributed by atoms with Crippen molar-refractivity contribution in [1.29, 1.82) is 5.26 Å². The van der Waals surface area contributed by atoms with E-state index in [1.165, 1.54) is 25.4 Å². The Morgan fingerprint density at radius 1 is 1.22 bits per heavy atom. The van der Waals surface area contributed by atoms with Gasteiger partial charge in [0.05, 0.1) is 17.8 Å². The lowest BCUT2D eigenvalue weighted by Gasteiger charge is -2.55. The third-order valence-corrected chi connectivity index (χ3v) is 8.40. The molecule has 6 atom stereocenters. The van der Waals surface area contributed by atoms with Gasteiger partial charge in [0.15, 0.2) is 11.8 Å². The predicted molar refractivity (Wildman–Crippen MR) is 153 cm³/mol. The number of hydrogen-bond acceptors (Lipinski definition) is 9. The van der Waals surface area contributed by atoms with E-state index < -0.39 is 41.4 Å². The summed E-state index contributed by atoms with van der Waals surface area (Å²) in [6, 6.07) is 17.8. The van der Waals surface area contributed by atoms with E-state index in [0.717, 1.165) is 5.56 Å². The molecule has 13 heteroatoms. The van der Waals surface area contributed by atoms with Crippen molar-refractivity contribution in [3.63, 3.8) is 0 Å². The average Bonchev–Trinajstić information content (AvgIpc) is 3.49. The first kappa shape index (κ1) is 28.2. The molecule has 0 radical (unpaired) electrons. The van der Waals surface area contributed by atoms with Crippen LogP contribution in [0.15, 0.2) is 71.5 Å². The molecular formula is C28H22BrClFN5O4S. The van der Waals surface area contributed by atoms with E-state index in [-0.39, 0.29) is 17.3 Å². The highest BCUT2D eigenvalue weighted by molar-refractivity contribution is 9.10. The molecule has 2 saturated heterocycles. The number of ether oxygens (including phenoxy) is 4. The number of fused-ring (bicyclic) bond motifs is 1. The lowest BCUT2D eigenvalue weighted by atomic mass is 9.74. The number of benzene rings is 2. The van der Waals surface area contributed by atoms with Gasteiger partial charge in [0.25, 0.3) is 0 Å². The molecule has 4 heterocycles. The number of nitrogens with zero attached hydrogens (tertiary/aromatic N) is 5. The van der Waals surface area contributed by atoms with Gasteiger partial charge in [-0.2, -0.15) is 5.26 Å². The Labute approximate surface area is 253 Å². The zero-order valence-corrected chi connectivity index (χ0v) is 24.6. The van der Waals surface area contributed by atoms with Crippen molar-refractivity contribution in [2.45, 2.75) is 35.6 Å². The van der Waals surface area contributed by atoms with Gasteiger partial charge in [-0.3, -0.25) is 0 Å². The molecule has 0 spiro atoms. The second-order valence-electron chi connectivity index (χ2n) is 9.52. The van der Waals surface area contributed by atoms with E-state index in [1.807, 2.05) is 30.3 Å². The summed E-state index contributed by atoms with van der Waals surface area (Å²) in [5, 5.41) is 19.1. The summed E-state index contributed by atoms with van der Waals surface area (Å²) >= 11 is 14.2. The van der Waals surface area contributed by atoms with Crippen LogP contribution in [0.5, 0.6) is 0 Å². The minimum absolute atomic E-state index is 0.0105. The molecule has 2 unspecified atom stereocenters. The second kappa shape index (κ2) is 11.4. The highest BCUT2D eigenvalue weighted by Crippen LogP contribution is 2.49. The summed E-state index contributed by atoms with van der Waals surface area (Å²) in [5.41, 5.74) is -0.00122. The van der Waals surface area contributed by atoms with Crippen LogP contribution in [0.2, 0.25) is 5.02 Å². The second-order valence-corrected chi connectivity index (χ2v) is 11.3. The molecule has 2 fully saturated rings. The molecule has 0 N–H and O–H groups in total. The summed E-state index contributed by atoms with van der Waals surface area (Å²) in [7, 11) is 1.52. The number of rotatable bonds is 5. The van der Waals surface area contributed by atoms with Crippen LogP contribution >= 0.6 is 40.2 Å². The molecule has 2 aliphatic heterocycles. The largest absolute Gasteiger partial charge is 0.375 e. The van der Waals surface area contributed by atoms with E-state index in [9.17, 15) is 9.65 Å². The van der Waals surface area contributed by atoms with Crippen molar-refractivity contribution in [1.82, 2.24) is 20.0 Å². The topological polar surface area (TPSA) is 104 Å². The van der Waals surface area contributed by atoms with Gasteiger partial charge >= 0.3 is 0 Å². The van der Waals surface area contributed by atoms with E-state index in [1.54, 1.807) is 23.0 Å². The Kier molecular flexibility index (Phi) is 7.86. The number of thiol groups is 1. The molecule has 0 amide bonds. The fourth-order valence-electron chi connectivity index (χ4n) is 5.49. The first-order chi connectivity index (χ1) is 19.9. The maximum Gasteiger partial charge on any atom is 0.184 e. The molecule has 0 bridgehead atoms. The van der Waals surface area contributed by atoms with Crippen molar-refractivity contribution in [3.05, 3.63) is 99.1 Å². The Morgan fingerprint density at radius 2 is 2.02 bits per heavy atom. The first-order valence-electron chi connectivity index (χ1n) is 12.5. The quantitative estimate of drug-likeness (QED) is 0.289. The maximum absolute atomic E-state index is 14.4. The molecule has 9 nitrogen and oxygen atoms in total. The highest BCUT2D eigenvalue weighted by atomic mass is 79.9. The van der Waals surface area contributed by atoms with Crippen LogP contribution in [0, 0.1) is 17.1 Å². The number of aromatic nitrogens is 4. The highest BCUT2D eigenvalue weighted by Gasteiger charge is 2.63. The summed E-state index contributed by atoms with van der Waals surface area (Å²) in [5.74, 6) is -0.592. The minimum atomic E-state index is -1.39. The van der Waals surface area contributed by atoms with E-state index in [2.05, 4.69) is 37.3 Å². The molecule has 210 valence electrons. The molecule has 0 aliphatic carbocycles. The molecular weight excluding hydrogens is 637 g/mol. The summed E-state index contributed by atoms with van der Waals surface area (Å²) in [6.07, 6.45) is 0.0999. The summed E-state index contributed by atoms with van der Waals surface area (Å²) < 4.78 is 41.7. The average molecular weight is 659 g/mol. The van der Waals surface area contributed by atoms with Gasteiger partial charge in [-0.15, -0.1) is 17.7 Å². The van der Waals surface area contributed by atoms with Gasteiger partial charge in [-0.25, -0.2) is 14.1 Å². The van der Waals surface area contributed by atoms with Gasteiger partial charge in [0.1, 0.15) is 47.0 Å². The summed E-state index contributed by atoms with van der Waals surface area (Å²) in [6.45, 7) is 0.159. The van der Waals surface area contributed by atoms with E-state index in [4.69, 9.17) is 43.2 Å². The van der Waals surface area contributed by atoms with Crippen LogP contribution < -0.4 is 0 Å². The van der Waals surface area contributed by atoms with Crippen molar-refractivity contribution >= 4 is 40.2 Å². The standard InChI is InChI=1S/C28H22BrClFN5O4S/c1-37-25-27(41)39-23-14-38-26(15-5-3-2-4-6-15)40-24(23)28(25,18-10-17(29)12-33-21(18)11-32)36-13-22(34-35-36)16-7-8-19(30)20(31)9-16/h2-10,12-13,23-27,41H,14H2,1H3/t23-,24+,25+,26?,27-,28?/m1/s1. The van der Waals surface area contributed by atoms with E-state index >= 15 is 0 Å². The number of methoxy groups -OCH3 is 1. The molecule has 0 saturated carbocycles. The normalized spacial score (nSPS) is 27.7. The zero-order valence-electron chi connectivity index (χ0n) is 21.4.